The van der Waals surface area contributed by atoms with Gasteiger partial charge in [0.05, 0.1) is 11.2 Å². The van der Waals surface area contributed by atoms with Gasteiger partial charge in [-0.1, -0.05) is 54.6 Å². The summed E-state index contributed by atoms with van der Waals surface area (Å²) in [6.45, 7) is 0. The van der Waals surface area contributed by atoms with Crippen molar-refractivity contribution in [2.24, 2.45) is 0 Å². The molecule has 5 rings (SSSR count). The first-order valence-corrected chi connectivity index (χ1v) is 9.61. The monoisotopic (exact) mass is 373 g/mol. The number of nitrogens with zero attached hydrogens (tertiary/aromatic N) is 3. The molecule has 0 aliphatic rings. The Bertz CT molecular complexity index is 1250. The van der Waals surface area contributed by atoms with E-state index in [0.29, 0.717) is 0 Å². The molecule has 3 aromatic carbocycles. The van der Waals surface area contributed by atoms with Crippen molar-refractivity contribution in [3.8, 4) is 11.3 Å². The molecule has 3 heteroatoms. The summed E-state index contributed by atoms with van der Waals surface area (Å²) in [6.07, 6.45) is 1.82. The Morgan fingerprint density at radius 2 is 1.38 bits per heavy atom. The normalized spacial score (nSPS) is 10.8. The van der Waals surface area contributed by atoms with Crippen LogP contribution in [-0.4, -0.2) is 9.97 Å². The molecule has 0 N–H and O–H groups in total. The summed E-state index contributed by atoms with van der Waals surface area (Å²) < 4.78 is 0. The summed E-state index contributed by atoms with van der Waals surface area (Å²) in [6, 6.07) is 37.1. The molecular weight excluding hydrogens is 354 g/mol. The van der Waals surface area contributed by atoms with Crippen LogP contribution in [0.5, 0.6) is 0 Å². The third kappa shape index (κ3) is 3.46. The Kier molecular flexibility index (Phi) is 4.47. The van der Waals surface area contributed by atoms with Gasteiger partial charge in [0, 0.05) is 28.5 Å². The van der Waals surface area contributed by atoms with E-state index in [9.17, 15) is 0 Å². The highest BCUT2D eigenvalue weighted by Crippen LogP contribution is 2.35. The smallest absolute Gasteiger partial charge is 0.138 e. The molecule has 2 heterocycles. The lowest BCUT2D eigenvalue weighted by atomic mass is 10.1. The maximum Gasteiger partial charge on any atom is 0.138 e. The predicted molar refractivity (Wildman–Crippen MR) is 120 cm³/mol. The number of hydrogen-bond donors (Lipinski definition) is 0. The average Bonchev–Trinajstić information content (AvgIpc) is 2.81. The molecule has 138 valence electrons. The molecule has 0 aliphatic heterocycles. The molecular formula is C26H19N3. The fraction of sp³-hybridized carbons (Fsp3) is 0. The first kappa shape index (κ1) is 17.1. The maximum atomic E-state index is 4.94. The van der Waals surface area contributed by atoms with E-state index >= 15 is 0 Å². The first-order valence-electron chi connectivity index (χ1n) is 9.61. The number of hydrogen-bond acceptors (Lipinski definition) is 3. The summed E-state index contributed by atoms with van der Waals surface area (Å²) in [7, 11) is 0. The Hall–Kier alpha value is -3.98. The van der Waals surface area contributed by atoms with Crippen molar-refractivity contribution < 1.29 is 0 Å². The second-order valence-electron chi connectivity index (χ2n) is 6.80. The third-order valence-electron chi connectivity index (χ3n) is 4.89. The molecule has 0 saturated heterocycles. The zero-order chi connectivity index (χ0) is 19.5. The lowest BCUT2D eigenvalue weighted by Gasteiger charge is -2.25. The van der Waals surface area contributed by atoms with Crippen molar-refractivity contribution in [3.63, 3.8) is 0 Å². The molecule has 0 unspecified atom stereocenters. The van der Waals surface area contributed by atoms with Gasteiger partial charge in [0.25, 0.3) is 0 Å². The van der Waals surface area contributed by atoms with Gasteiger partial charge >= 0.3 is 0 Å². The van der Waals surface area contributed by atoms with Gasteiger partial charge in [-0.15, -0.1) is 0 Å². The lowest BCUT2D eigenvalue weighted by molar-refractivity contribution is 1.21. The number of fused-ring (bicyclic) bond motifs is 1. The summed E-state index contributed by atoms with van der Waals surface area (Å²) in [5.41, 5.74) is 5.11. The quantitative estimate of drug-likeness (QED) is 0.348. The van der Waals surface area contributed by atoms with Crippen LogP contribution in [0.2, 0.25) is 0 Å². The second kappa shape index (κ2) is 7.56. The van der Waals surface area contributed by atoms with Gasteiger partial charge < -0.3 is 0 Å². The molecule has 0 amide bonds. The number of aromatic nitrogens is 2. The predicted octanol–water partition coefficient (Wildman–Crippen LogP) is 6.77. The Morgan fingerprint density at radius 1 is 0.586 bits per heavy atom. The van der Waals surface area contributed by atoms with Crippen LogP contribution in [0.25, 0.3) is 22.2 Å². The Morgan fingerprint density at radius 3 is 2.24 bits per heavy atom. The Labute approximate surface area is 169 Å². The van der Waals surface area contributed by atoms with Crippen LogP contribution in [0.4, 0.5) is 17.2 Å². The van der Waals surface area contributed by atoms with E-state index in [0.717, 1.165) is 39.4 Å². The molecule has 0 bridgehead atoms. The first-order chi connectivity index (χ1) is 14.4. The molecule has 0 aliphatic carbocycles. The molecule has 3 nitrogen and oxygen atoms in total. The van der Waals surface area contributed by atoms with E-state index in [2.05, 4.69) is 64.5 Å². The molecule has 0 radical (unpaired) electrons. The van der Waals surface area contributed by atoms with Crippen LogP contribution in [0.15, 0.2) is 115 Å². The summed E-state index contributed by atoms with van der Waals surface area (Å²) in [4.78, 5) is 11.6. The Balaban J connectivity index is 1.67. The van der Waals surface area contributed by atoms with E-state index in [-0.39, 0.29) is 0 Å². The van der Waals surface area contributed by atoms with Crippen LogP contribution in [-0.2, 0) is 0 Å². The zero-order valence-electron chi connectivity index (χ0n) is 15.8. The molecule has 2 aromatic heterocycles. The van der Waals surface area contributed by atoms with Crippen LogP contribution in [0, 0.1) is 0 Å². The van der Waals surface area contributed by atoms with Crippen molar-refractivity contribution in [1.29, 1.82) is 0 Å². The summed E-state index contributed by atoms with van der Waals surface area (Å²) >= 11 is 0. The molecule has 0 saturated carbocycles. The van der Waals surface area contributed by atoms with E-state index in [4.69, 9.17) is 4.98 Å². The van der Waals surface area contributed by atoms with Crippen molar-refractivity contribution in [1.82, 2.24) is 9.97 Å². The van der Waals surface area contributed by atoms with Gasteiger partial charge in [-0.05, 0) is 54.6 Å². The molecule has 0 fully saturated rings. The van der Waals surface area contributed by atoms with Crippen molar-refractivity contribution >= 4 is 28.1 Å². The number of para-hydroxylation sites is 2. The van der Waals surface area contributed by atoms with Gasteiger partial charge in [0.1, 0.15) is 5.82 Å². The number of rotatable bonds is 4. The molecule has 0 atom stereocenters. The SMILES string of the molecule is c1ccc(N(c2cccc(-c3ccccn3)c2)c2ccc3ccccc3n2)cc1. The zero-order valence-corrected chi connectivity index (χ0v) is 15.8. The van der Waals surface area contributed by atoms with Crippen LogP contribution in [0.1, 0.15) is 0 Å². The van der Waals surface area contributed by atoms with E-state index < -0.39 is 0 Å². The lowest BCUT2D eigenvalue weighted by Crippen LogP contribution is -2.11. The van der Waals surface area contributed by atoms with Gasteiger partial charge in [0.15, 0.2) is 0 Å². The van der Waals surface area contributed by atoms with Gasteiger partial charge in [-0.2, -0.15) is 0 Å². The van der Waals surface area contributed by atoms with Gasteiger partial charge in [-0.25, -0.2) is 4.98 Å². The minimum absolute atomic E-state index is 0.882. The van der Waals surface area contributed by atoms with E-state index in [1.54, 1.807) is 0 Å². The van der Waals surface area contributed by atoms with Crippen molar-refractivity contribution in [3.05, 3.63) is 115 Å². The highest BCUT2D eigenvalue weighted by molar-refractivity contribution is 5.84. The third-order valence-corrected chi connectivity index (χ3v) is 4.89. The number of anilines is 3. The topological polar surface area (TPSA) is 29.0 Å². The number of benzene rings is 3. The highest BCUT2D eigenvalue weighted by Gasteiger charge is 2.15. The van der Waals surface area contributed by atoms with Crippen LogP contribution in [0.3, 0.4) is 0 Å². The largest absolute Gasteiger partial charge is 0.295 e. The van der Waals surface area contributed by atoms with E-state index in [1.165, 1.54) is 0 Å². The van der Waals surface area contributed by atoms with Gasteiger partial charge in [-0.3, -0.25) is 9.88 Å². The minimum atomic E-state index is 0.882. The highest BCUT2D eigenvalue weighted by atomic mass is 15.2. The maximum absolute atomic E-state index is 4.94. The average molecular weight is 373 g/mol. The van der Waals surface area contributed by atoms with Gasteiger partial charge in [0.2, 0.25) is 0 Å². The van der Waals surface area contributed by atoms with Crippen molar-refractivity contribution in [2.75, 3.05) is 4.90 Å². The summed E-state index contributed by atoms with van der Waals surface area (Å²) in [5.74, 6) is 0.882. The fourth-order valence-electron chi connectivity index (χ4n) is 3.51. The fourth-order valence-corrected chi connectivity index (χ4v) is 3.51. The van der Waals surface area contributed by atoms with Crippen LogP contribution >= 0.6 is 0 Å². The summed E-state index contributed by atoms with van der Waals surface area (Å²) in [5, 5.41) is 1.13. The van der Waals surface area contributed by atoms with E-state index in [1.807, 2.05) is 60.8 Å². The number of pyridine rings is 2. The van der Waals surface area contributed by atoms with Crippen molar-refractivity contribution in [2.45, 2.75) is 0 Å². The molecule has 5 aromatic rings. The molecule has 0 spiro atoms. The van der Waals surface area contributed by atoms with Crippen LogP contribution < -0.4 is 4.90 Å². The minimum Gasteiger partial charge on any atom is -0.295 e. The standard InChI is InChI=1S/C26H19N3/c1-2-11-22(12-3-1)29(26-17-16-20-9-4-5-15-25(20)28-26)23-13-8-10-21(19-23)24-14-6-7-18-27-24/h1-19H. The molecule has 29 heavy (non-hydrogen) atoms. The second-order valence-corrected chi connectivity index (χ2v) is 6.80.